The first-order valence-corrected chi connectivity index (χ1v) is 10.7. The molecule has 0 aliphatic carbocycles. The topological polar surface area (TPSA) is 91.4 Å². The Morgan fingerprint density at radius 2 is 2.04 bits per heavy atom. The van der Waals surface area contributed by atoms with Crippen molar-refractivity contribution in [3.63, 3.8) is 0 Å². The lowest BCUT2D eigenvalue weighted by Gasteiger charge is -2.48. The summed E-state index contributed by atoms with van der Waals surface area (Å²) in [5.41, 5.74) is 0.468. The van der Waals surface area contributed by atoms with Crippen LogP contribution >= 0.6 is 0 Å². The molecule has 2 aromatic rings. The first-order chi connectivity index (χ1) is 13.3. The Morgan fingerprint density at radius 1 is 1.25 bits per heavy atom. The smallest absolute Gasteiger partial charge is 0.319 e. The lowest BCUT2D eigenvalue weighted by Crippen LogP contribution is -2.65. The summed E-state index contributed by atoms with van der Waals surface area (Å²) < 4.78 is 39.3. The van der Waals surface area contributed by atoms with Crippen LogP contribution in [0.25, 0.3) is 0 Å². The number of rotatable bonds is 7. The van der Waals surface area contributed by atoms with Crippen molar-refractivity contribution in [2.75, 3.05) is 30.7 Å². The molecule has 1 saturated heterocycles. The molecule has 1 aromatic heterocycles. The van der Waals surface area contributed by atoms with E-state index in [0.717, 1.165) is 5.69 Å². The first-order valence-electron chi connectivity index (χ1n) is 9.04. The maximum Gasteiger partial charge on any atom is 0.319 e. The van der Waals surface area contributed by atoms with Crippen LogP contribution in [0.3, 0.4) is 0 Å². The number of carbonyl (C=O) groups excluding carboxylic acids is 1. The van der Waals surface area contributed by atoms with E-state index >= 15 is 0 Å². The summed E-state index contributed by atoms with van der Waals surface area (Å²) in [4.78, 5) is 16.6. The Bertz CT molecular complexity index is 931. The molecule has 9 heteroatoms. The molecule has 150 valence electrons. The number of aromatic nitrogens is 1. The lowest BCUT2D eigenvalue weighted by molar-refractivity contribution is 0.146. The molecule has 0 atom stereocenters. The maximum absolute atomic E-state index is 13.3. The highest BCUT2D eigenvalue weighted by molar-refractivity contribution is 7.89. The Kier molecular flexibility index (Phi) is 5.95. The molecule has 0 saturated carbocycles. The number of hydrogen-bond acceptors (Lipinski definition) is 4. The predicted molar refractivity (Wildman–Crippen MR) is 105 cm³/mol. The molecule has 1 aliphatic rings. The minimum Gasteiger partial charge on any atom is -0.337 e. The molecule has 0 spiro atoms. The van der Waals surface area contributed by atoms with Crippen molar-refractivity contribution in [3.8, 4) is 0 Å². The molecule has 1 aromatic carbocycles. The fraction of sp³-hybridized carbons (Fsp3) is 0.368. The summed E-state index contributed by atoms with van der Waals surface area (Å²) in [6.07, 6.45) is 2.19. The van der Waals surface area contributed by atoms with Gasteiger partial charge in [-0.1, -0.05) is 19.1 Å². The Labute approximate surface area is 164 Å². The van der Waals surface area contributed by atoms with E-state index in [0.29, 0.717) is 12.1 Å². The standard InChI is InChI=1S/C19H23FN4O3S/c1-2-10-28(26,27)24-13-19(14-24,17-8-3-4-9-21-17)12-22-18(25)23-16-7-5-6-15(20)11-16/h3-9,11H,2,10,12-14H2,1H3,(H2,22,23,25). The van der Waals surface area contributed by atoms with E-state index in [1.54, 1.807) is 18.3 Å². The van der Waals surface area contributed by atoms with Crippen LogP contribution in [0.2, 0.25) is 0 Å². The number of carbonyl (C=O) groups is 1. The summed E-state index contributed by atoms with van der Waals surface area (Å²) in [6.45, 7) is 2.55. The van der Waals surface area contributed by atoms with Crippen molar-refractivity contribution >= 4 is 21.7 Å². The van der Waals surface area contributed by atoms with Gasteiger partial charge in [-0.05, 0) is 36.8 Å². The van der Waals surface area contributed by atoms with Gasteiger partial charge < -0.3 is 10.6 Å². The van der Waals surface area contributed by atoms with Gasteiger partial charge in [0.2, 0.25) is 10.0 Å². The number of benzene rings is 1. The van der Waals surface area contributed by atoms with Crippen LogP contribution < -0.4 is 10.6 Å². The van der Waals surface area contributed by atoms with Crippen LogP contribution in [0.1, 0.15) is 19.0 Å². The third-order valence-electron chi connectivity index (χ3n) is 4.69. The van der Waals surface area contributed by atoms with Crippen LogP contribution in [0.4, 0.5) is 14.9 Å². The molecule has 0 radical (unpaired) electrons. The maximum atomic E-state index is 13.3. The Hall–Kier alpha value is -2.52. The number of anilines is 1. The van der Waals surface area contributed by atoms with Gasteiger partial charge in [0.05, 0.1) is 16.9 Å². The minimum atomic E-state index is -3.31. The average molecular weight is 406 g/mol. The first kappa shape index (κ1) is 20.2. The number of amides is 2. The normalized spacial score (nSPS) is 16.2. The molecule has 0 bridgehead atoms. The zero-order valence-electron chi connectivity index (χ0n) is 15.6. The van der Waals surface area contributed by atoms with Gasteiger partial charge in [-0.25, -0.2) is 17.6 Å². The van der Waals surface area contributed by atoms with Crippen molar-refractivity contribution in [1.29, 1.82) is 0 Å². The van der Waals surface area contributed by atoms with Crippen LogP contribution in [0.5, 0.6) is 0 Å². The molecule has 0 unspecified atom stereocenters. The molecule has 7 nitrogen and oxygen atoms in total. The van der Waals surface area contributed by atoms with Gasteiger partial charge in [-0.3, -0.25) is 4.98 Å². The van der Waals surface area contributed by atoms with Crippen molar-refractivity contribution in [3.05, 3.63) is 60.2 Å². The molecule has 2 heterocycles. The lowest BCUT2D eigenvalue weighted by atomic mass is 9.78. The highest BCUT2D eigenvalue weighted by atomic mass is 32.2. The van der Waals surface area contributed by atoms with E-state index in [-0.39, 0.29) is 25.4 Å². The zero-order valence-corrected chi connectivity index (χ0v) is 16.4. The van der Waals surface area contributed by atoms with E-state index < -0.39 is 27.3 Å². The van der Waals surface area contributed by atoms with Gasteiger partial charge >= 0.3 is 6.03 Å². The van der Waals surface area contributed by atoms with Crippen LogP contribution in [-0.4, -0.2) is 49.1 Å². The highest BCUT2D eigenvalue weighted by Crippen LogP contribution is 2.35. The molecule has 28 heavy (non-hydrogen) atoms. The Morgan fingerprint density at radius 3 is 2.68 bits per heavy atom. The highest BCUT2D eigenvalue weighted by Gasteiger charge is 2.49. The minimum absolute atomic E-state index is 0.0960. The van der Waals surface area contributed by atoms with Crippen LogP contribution in [0, 0.1) is 5.82 Å². The fourth-order valence-electron chi connectivity index (χ4n) is 3.24. The van der Waals surface area contributed by atoms with E-state index in [4.69, 9.17) is 0 Å². The second-order valence-electron chi connectivity index (χ2n) is 6.90. The second kappa shape index (κ2) is 8.24. The van der Waals surface area contributed by atoms with Crippen molar-refractivity contribution in [2.45, 2.75) is 18.8 Å². The number of urea groups is 1. The van der Waals surface area contributed by atoms with Crippen LogP contribution in [0.15, 0.2) is 48.7 Å². The van der Waals surface area contributed by atoms with E-state index in [9.17, 15) is 17.6 Å². The molecule has 3 rings (SSSR count). The van der Waals surface area contributed by atoms with Gasteiger partial charge in [0.25, 0.3) is 0 Å². The van der Waals surface area contributed by atoms with Gasteiger partial charge in [0, 0.05) is 31.5 Å². The van der Waals surface area contributed by atoms with Gasteiger partial charge in [0.15, 0.2) is 0 Å². The Balaban J connectivity index is 1.69. The van der Waals surface area contributed by atoms with Gasteiger partial charge in [-0.2, -0.15) is 4.31 Å². The van der Waals surface area contributed by atoms with Crippen molar-refractivity contribution < 1.29 is 17.6 Å². The summed E-state index contributed by atoms with van der Waals surface area (Å²) in [5.74, 6) is -0.350. The number of nitrogens with zero attached hydrogens (tertiary/aromatic N) is 2. The number of nitrogens with one attached hydrogen (secondary N) is 2. The fourth-order valence-corrected chi connectivity index (χ4v) is 4.91. The molecule has 1 aliphatic heterocycles. The molecule has 1 fully saturated rings. The SMILES string of the molecule is CCCS(=O)(=O)N1CC(CNC(=O)Nc2cccc(F)c2)(c2ccccn2)C1. The number of halogens is 1. The quantitative estimate of drug-likeness (QED) is 0.738. The molecule has 2 amide bonds. The monoisotopic (exact) mass is 406 g/mol. The van der Waals surface area contributed by atoms with Crippen LogP contribution in [-0.2, 0) is 15.4 Å². The zero-order chi connectivity index (χ0) is 20.2. The largest absolute Gasteiger partial charge is 0.337 e. The van der Waals surface area contributed by atoms with Crippen molar-refractivity contribution in [2.24, 2.45) is 0 Å². The number of hydrogen-bond donors (Lipinski definition) is 2. The summed E-state index contributed by atoms with van der Waals surface area (Å²) in [6, 6.07) is 10.6. The molecule has 2 N–H and O–H groups in total. The molecular formula is C19H23FN4O3S. The summed E-state index contributed by atoms with van der Waals surface area (Å²) in [7, 11) is -3.31. The van der Waals surface area contributed by atoms with Gasteiger partial charge in [-0.15, -0.1) is 0 Å². The third kappa shape index (κ3) is 4.48. The predicted octanol–water partition coefficient (Wildman–Crippen LogP) is 2.34. The molecular weight excluding hydrogens is 383 g/mol. The summed E-state index contributed by atoms with van der Waals surface area (Å²) >= 11 is 0. The van der Waals surface area contributed by atoms with E-state index in [1.807, 2.05) is 19.1 Å². The summed E-state index contributed by atoms with van der Waals surface area (Å²) in [5, 5.41) is 5.34. The second-order valence-corrected chi connectivity index (χ2v) is 8.99. The number of pyridine rings is 1. The average Bonchev–Trinajstić information content (AvgIpc) is 2.61. The van der Waals surface area contributed by atoms with Gasteiger partial charge in [0.1, 0.15) is 5.82 Å². The third-order valence-corrected chi connectivity index (χ3v) is 6.66. The van der Waals surface area contributed by atoms with E-state index in [2.05, 4.69) is 15.6 Å². The van der Waals surface area contributed by atoms with E-state index in [1.165, 1.54) is 22.5 Å². The van der Waals surface area contributed by atoms with Crippen molar-refractivity contribution in [1.82, 2.24) is 14.6 Å². The number of sulfonamides is 1.